The number of rotatable bonds is 6. The molecule has 1 heterocycles. The van der Waals surface area contributed by atoms with E-state index in [0.29, 0.717) is 6.61 Å². The molecule has 0 aliphatic rings. The summed E-state index contributed by atoms with van der Waals surface area (Å²) < 4.78 is 7.49. The van der Waals surface area contributed by atoms with Gasteiger partial charge in [0.05, 0.1) is 6.61 Å². The van der Waals surface area contributed by atoms with Gasteiger partial charge in [-0.15, -0.1) is 5.10 Å². The fraction of sp³-hybridized carbons (Fsp3) is 0.462. The summed E-state index contributed by atoms with van der Waals surface area (Å²) >= 11 is 0. The standard InChI is InChI=1S/C13H18N4O/c1-3-7-13-14-15-16-17(13)11-8-5-6-9-12(11)18-10-4-2/h5-6,8-9H,3-4,7,10H2,1-2H3. The van der Waals surface area contributed by atoms with Gasteiger partial charge in [-0.1, -0.05) is 26.0 Å². The Morgan fingerprint density at radius 1 is 1.17 bits per heavy atom. The zero-order valence-electron chi connectivity index (χ0n) is 10.8. The van der Waals surface area contributed by atoms with Crippen molar-refractivity contribution in [2.24, 2.45) is 0 Å². The number of benzene rings is 1. The van der Waals surface area contributed by atoms with Crippen molar-refractivity contribution in [3.63, 3.8) is 0 Å². The lowest BCUT2D eigenvalue weighted by Gasteiger charge is -2.11. The van der Waals surface area contributed by atoms with E-state index in [2.05, 4.69) is 29.4 Å². The van der Waals surface area contributed by atoms with Crippen LogP contribution in [0.1, 0.15) is 32.5 Å². The van der Waals surface area contributed by atoms with Gasteiger partial charge in [-0.25, -0.2) is 0 Å². The molecule has 2 aromatic rings. The van der Waals surface area contributed by atoms with Gasteiger partial charge in [0.2, 0.25) is 0 Å². The van der Waals surface area contributed by atoms with E-state index in [0.717, 1.165) is 36.5 Å². The first-order chi connectivity index (χ1) is 8.86. The number of nitrogens with zero attached hydrogens (tertiary/aromatic N) is 4. The van der Waals surface area contributed by atoms with E-state index in [-0.39, 0.29) is 0 Å². The predicted octanol–water partition coefficient (Wildman–Crippen LogP) is 2.40. The van der Waals surface area contributed by atoms with Crippen LogP contribution in [0, 0.1) is 0 Å². The third-order valence-corrected chi connectivity index (χ3v) is 2.56. The largest absolute Gasteiger partial charge is 0.491 e. The van der Waals surface area contributed by atoms with Crippen molar-refractivity contribution >= 4 is 0 Å². The van der Waals surface area contributed by atoms with Crippen molar-refractivity contribution in [1.29, 1.82) is 0 Å². The number of hydrogen-bond donors (Lipinski definition) is 0. The van der Waals surface area contributed by atoms with Crippen LogP contribution >= 0.6 is 0 Å². The molecule has 1 aromatic carbocycles. The molecule has 0 bridgehead atoms. The molecule has 0 aliphatic heterocycles. The summed E-state index contributed by atoms with van der Waals surface area (Å²) in [5.74, 6) is 1.69. The van der Waals surface area contributed by atoms with Gasteiger partial charge >= 0.3 is 0 Å². The molecule has 0 fully saturated rings. The molecule has 0 aliphatic carbocycles. The molecule has 0 atom stereocenters. The monoisotopic (exact) mass is 246 g/mol. The van der Waals surface area contributed by atoms with E-state index in [9.17, 15) is 0 Å². The van der Waals surface area contributed by atoms with Crippen LogP contribution in [0.15, 0.2) is 24.3 Å². The van der Waals surface area contributed by atoms with E-state index >= 15 is 0 Å². The zero-order valence-corrected chi connectivity index (χ0v) is 10.8. The lowest BCUT2D eigenvalue weighted by molar-refractivity contribution is 0.315. The molecule has 2 rings (SSSR count). The number of hydrogen-bond acceptors (Lipinski definition) is 4. The smallest absolute Gasteiger partial charge is 0.156 e. The van der Waals surface area contributed by atoms with E-state index < -0.39 is 0 Å². The SMILES string of the molecule is CCCOc1ccccc1-n1nnnc1CCC. The average Bonchev–Trinajstić information content (AvgIpc) is 2.85. The summed E-state index contributed by atoms with van der Waals surface area (Å²) in [6, 6.07) is 7.84. The van der Waals surface area contributed by atoms with Crippen molar-refractivity contribution in [2.45, 2.75) is 33.1 Å². The highest BCUT2D eigenvalue weighted by molar-refractivity contribution is 5.46. The summed E-state index contributed by atoms with van der Waals surface area (Å²) in [6.07, 6.45) is 2.85. The van der Waals surface area contributed by atoms with Crippen LogP contribution in [0.3, 0.4) is 0 Å². The molecule has 0 unspecified atom stereocenters. The van der Waals surface area contributed by atoms with Gasteiger partial charge in [0, 0.05) is 6.42 Å². The highest BCUT2D eigenvalue weighted by atomic mass is 16.5. The molecule has 18 heavy (non-hydrogen) atoms. The average molecular weight is 246 g/mol. The van der Waals surface area contributed by atoms with Crippen LogP contribution < -0.4 is 4.74 Å². The van der Waals surface area contributed by atoms with Crippen molar-refractivity contribution in [3.8, 4) is 11.4 Å². The van der Waals surface area contributed by atoms with E-state index in [1.54, 1.807) is 4.68 Å². The van der Waals surface area contributed by atoms with Crippen LogP contribution in [-0.2, 0) is 6.42 Å². The quantitative estimate of drug-likeness (QED) is 0.785. The fourth-order valence-electron chi connectivity index (χ4n) is 1.74. The van der Waals surface area contributed by atoms with Crippen molar-refractivity contribution in [1.82, 2.24) is 20.2 Å². The van der Waals surface area contributed by atoms with Gasteiger partial charge in [-0.2, -0.15) is 4.68 Å². The Morgan fingerprint density at radius 2 is 2.00 bits per heavy atom. The maximum atomic E-state index is 5.73. The normalized spacial score (nSPS) is 10.6. The number of aryl methyl sites for hydroxylation is 1. The highest BCUT2D eigenvalue weighted by Crippen LogP contribution is 2.22. The van der Waals surface area contributed by atoms with Crippen LogP contribution in [-0.4, -0.2) is 26.8 Å². The molecule has 0 amide bonds. The topological polar surface area (TPSA) is 52.8 Å². The Morgan fingerprint density at radius 3 is 2.78 bits per heavy atom. The number of para-hydroxylation sites is 2. The Kier molecular flexibility index (Phi) is 4.28. The molecule has 5 heteroatoms. The predicted molar refractivity (Wildman–Crippen MR) is 68.9 cm³/mol. The second-order valence-corrected chi connectivity index (χ2v) is 4.07. The van der Waals surface area contributed by atoms with Gasteiger partial charge in [0.25, 0.3) is 0 Å². The first-order valence-electron chi connectivity index (χ1n) is 6.36. The molecule has 0 radical (unpaired) electrons. The van der Waals surface area contributed by atoms with Crippen molar-refractivity contribution in [3.05, 3.63) is 30.1 Å². The maximum Gasteiger partial charge on any atom is 0.156 e. The summed E-state index contributed by atoms with van der Waals surface area (Å²) in [5, 5.41) is 11.8. The van der Waals surface area contributed by atoms with E-state index in [1.807, 2.05) is 24.3 Å². The molecule has 1 aromatic heterocycles. The zero-order chi connectivity index (χ0) is 12.8. The number of aromatic nitrogens is 4. The molecule has 0 spiro atoms. The van der Waals surface area contributed by atoms with E-state index in [1.165, 1.54) is 0 Å². The summed E-state index contributed by atoms with van der Waals surface area (Å²) in [7, 11) is 0. The Bertz CT molecular complexity index is 495. The molecular formula is C13H18N4O. The minimum Gasteiger partial charge on any atom is -0.491 e. The number of ether oxygens (including phenoxy) is 1. The molecule has 0 saturated carbocycles. The minimum absolute atomic E-state index is 0.697. The first kappa shape index (κ1) is 12.5. The summed E-state index contributed by atoms with van der Waals surface area (Å²) in [6.45, 7) is 4.89. The highest BCUT2D eigenvalue weighted by Gasteiger charge is 2.11. The second-order valence-electron chi connectivity index (χ2n) is 4.07. The summed E-state index contributed by atoms with van der Waals surface area (Å²) in [5.41, 5.74) is 0.902. The number of tetrazole rings is 1. The van der Waals surface area contributed by atoms with Gasteiger partial charge in [-0.3, -0.25) is 0 Å². The van der Waals surface area contributed by atoms with Crippen molar-refractivity contribution < 1.29 is 4.74 Å². The van der Waals surface area contributed by atoms with Gasteiger partial charge < -0.3 is 4.74 Å². The Balaban J connectivity index is 2.33. The second kappa shape index (κ2) is 6.14. The van der Waals surface area contributed by atoms with Gasteiger partial charge in [-0.05, 0) is 35.4 Å². The lowest BCUT2D eigenvalue weighted by Crippen LogP contribution is -2.06. The van der Waals surface area contributed by atoms with Gasteiger partial charge in [0.1, 0.15) is 11.4 Å². The molecule has 5 nitrogen and oxygen atoms in total. The van der Waals surface area contributed by atoms with Crippen molar-refractivity contribution in [2.75, 3.05) is 6.61 Å². The van der Waals surface area contributed by atoms with E-state index in [4.69, 9.17) is 4.74 Å². The van der Waals surface area contributed by atoms with Gasteiger partial charge in [0.15, 0.2) is 5.82 Å². The molecule has 0 N–H and O–H groups in total. The molecular weight excluding hydrogens is 228 g/mol. The third kappa shape index (κ3) is 2.67. The maximum absolute atomic E-state index is 5.73. The van der Waals surface area contributed by atoms with Crippen LogP contribution in [0.25, 0.3) is 5.69 Å². The minimum atomic E-state index is 0.697. The Hall–Kier alpha value is -1.91. The summed E-state index contributed by atoms with van der Waals surface area (Å²) in [4.78, 5) is 0. The van der Waals surface area contributed by atoms with Crippen LogP contribution in [0.5, 0.6) is 5.75 Å². The fourth-order valence-corrected chi connectivity index (χ4v) is 1.74. The lowest BCUT2D eigenvalue weighted by atomic mass is 10.2. The third-order valence-electron chi connectivity index (χ3n) is 2.56. The first-order valence-corrected chi connectivity index (χ1v) is 6.36. The van der Waals surface area contributed by atoms with Crippen LogP contribution in [0.2, 0.25) is 0 Å². The Labute approximate surface area is 107 Å². The molecule has 0 saturated heterocycles. The molecule has 96 valence electrons. The van der Waals surface area contributed by atoms with Crippen LogP contribution in [0.4, 0.5) is 0 Å².